The lowest BCUT2D eigenvalue weighted by molar-refractivity contribution is -0.927. The largest absolute Gasteiger partial charge is 0.481 e. The molecule has 0 amide bonds. The van der Waals surface area contributed by atoms with Crippen molar-refractivity contribution in [2.24, 2.45) is 0 Å². The number of aliphatic hydroxyl groups is 2. The Bertz CT molecular complexity index is 229. The van der Waals surface area contributed by atoms with Gasteiger partial charge in [-0.05, 0) is 0 Å². The summed E-state index contributed by atoms with van der Waals surface area (Å²) in [6.45, 7) is 0.591. The van der Waals surface area contributed by atoms with Gasteiger partial charge in [-0.3, -0.25) is 9.59 Å². The topological polar surface area (TPSA) is 115 Å². The molecule has 0 heterocycles. The van der Waals surface area contributed by atoms with Crippen LogP contribution in [0.15, 0.2) is 0 Å². The molecule has 0 aliphatic carbocycles. The zero-order chi connectivity index (χ0) is 13.3. The highest BCUT2D eigenvalue weighted by atomic mass is 16.4. The van der Waals surface area contributed by atoms with Gasteiger partial charge in [0, 0.05) is 0 Å². The molecule has 0 fully saturated rings. The summed E-state index contributed by atoms with van der Waals surface area (Å²) in [5.41, 5.74) is 0. The second-order valence-electron chi connectivity index (χ2n) is 3.97. The lowest BCUT2D eigenvalue weighted by Gasteiger charge is -2.37. The second kappa shape index (κ2) is 7.99. The van der Waals surface area contributed by atoms with E-state index in [1.54, 1.807) is 0 Å². The van der Waals surface area contributed by atoms with Gasteiger partial charge in [-0.1, -0.05) is 0 Å². The molecule has 100 valence electrons. The zero-order valence-electron chi connectivity index (χ0n) is 9.71. The van der Waals surface area contributed by atoms with Crippen LogP contribution in [0.1, 0.15) is 12.8 Å². The van der Waals surface area contributed by atoms with E-state index < -0.39 is 11.9 Å². The molecule has 0 aliphatic heterocycles. The van der Waals surface area contributed by atoms with Gasteiger partial charge in [-0.15, -0.1) is 0 Å². The number of carboxylic acids is 2. The van der Waals surface area contributed by atoms with Crippen LogP contribution in [-0.4, -0.2) is 76.2 Å². The Hall–Kier alpha value is -1.18. The fourth-order valence-corrected chi connectivity index (χ4v) is 1.76. The summed E-state index contributed by atoms with van der Waals surface area (Å²) in [4.78, 5) is 21.1. The number of carboxylic acid groups (broad SMARTS) is 2. The summed E-state index contributed by atoms with van der Waals surface area (Å²) in [5, 5.41) is 35.2. The smallest absolute Gasteiger partial charge is 0.309 e. The molecular formula is C10H20NO6+. The number of quaternary nitrogens is 1. The van der Waals surface area contributed by atoms with Crippen molar-refractivity contribution in [3.05, 3.63) is 0 Å². The Morgan fingerprint density at radius 1 is 0.765 bits per heavy atom. The maximum absolute atomic E-state index is 10.5. The summed E-state index contributed by atoms with van der Waals surface area (Å²) in [7, 11) is 0. The third-order valence-corrected chi connectivity index (χ3v) is 2.75. The minimum absolute atomic E-state index is 0.111. The van der Waals surface area contributed by atoms with Crippen molar-refractivity contribution < 1.29 is 34.5 Å². The highest BCUT2D eigenvalue weighted by Crippen LogP contribution is 2.09. The molecule has 17 heavy (non-hydrogen) atoms. The molecule has 7 heteroatoms. The summed E-state index contributed by atoms with van der Waals surface area (Å²) < 4.78 is 0.117. The molecule has 0 bridgehead atoms. The van der Waals surface area contributed by atoms with Crippen LogP contribution in [0.5, 0.6) is 0 Å². The molecule has 0 saturated heterocycles. The number of carbonyl (C=O) groups is 2. The number of nitrogens with zero attached hydrogens (tertiary/aromatic N) is 1. The van der Waals surface area contributed by atoms with Gasteiger partial charge in [0.1, 0.15) is 13.1 Å². The van der Waals surface area contributed by atoms with Gasteiger partial charge >= 0.3 is 11.9 Å². The van der Waals surface area contributed by atoms with Crippen LogP contribution in [-0.2, 0) is 9.59 Å². The number of rotatable bonds is 10. The van der Waals surface area contributed by atoms with E-state index >= 15 is 0 Å². The predicted molar refractivity (Wildman–Crippen MR) is 58.4 cm³/mol. The monoisotopic (exact) mass is 250 g/mol. The number of aliphatic carboxylic acids is 2. The van der Waals surface area contributed by atoms with E-state index in [1.807, 2.05) is 0 Å². The van der Waals surface area contributed by atoms with Gasteiger partial charge in [-0.25, -0.2) is 0 Å². The molecular weight excluding hydrogens is 230 g/mol. The normalized spacial score (nSPS) is 11.4. The average Bonchev–Trinajstić information content (AvgIpc) is 2.24. The Morgan fingerprint density at radius 2 is 1.12 bits per heavy atom. The van der Waals surface area contributed by atoms with E-state index in [0.29, 0.717) is 0 Å². The first-order chi connectivity index (χ1) is 7.95. The lowest BCUT2D eigenvalue weighted by atomic mass is 10.2. The van der Waals surface area contributed by atoms with Crippen molar-refractivity contribution in [2.45, 2.75) is 12.8 Å². The maximum Gasteiger partial charge on any atom is 0.309 e. The second-order valence-corrected chi connectivity index (χ2v) is 3.97. The number of hydrogen-bond donors (Lipinski definition) is 4. The summed E-state index contributed by atoms with van der Waals surface area (Å²) in [6, 6.07) is 0. The molecule has 4 N–H and O–H groups in total. The van der Waals surface area contributed by atoms with E-state index in [9.17, 15) is 9.59 Å². The SMILES string of the molecule is O=C(O)CC[N+](CCO)(CCO)CCC(=O)O. The van der Waals surface area contributed by atoms with Crippen LogP contribution in [0.3, 0.4) is 0 Å². The van der Waals surface area contributed by atoms with Crippen LogP contribution in [0, 0.1) is 0 Å². The molecule has 0 aromatic rings. The van der Waals surface area contributed by atoms with Crippen molar-refractivity contribution in [3.8, 4) is 0 Å². The molecule has 0 aliphatic rings. The fourth-order valence-electron chi connectivity index (χ4n) is 1.76. The van der Waals surface area contributed by atoms with Gasteiger partial charge in [0.2, 0.25) is 0 Å². The first-order valence-electron chi connectivity index (χ1n) is 5.46. The number of aliphatic hydroxyl groups excluding tert-OH is 2. The summed E-state index contributed by atoms with van der Waals surface area (Å²) >= 11 is 0. The summed E-state index contributed by atoms with van der Waals surface area (Å²) in [6.07, 6.45) is -0.223. The molecule has 7 nitrogen and oxygen atoms in total. The standard InChI is InChI=1S/C10H19NO6/c12-7-5-11(6-8-13,3-1-9(14)15)4-2-10(16)17/h12-13H,1-8H2,(H-,14,15,16,17)/p+1. The minimum Gasteiger partial charge on any atom is -0.481 e. The Balaban J connectivity index is 4.57. The van der Waals surface area contributed by atoms with E-state index in [1.165, 1.54) is 0 Å². The van der Waals surface area contributed by atoms with E-state index in [2.05, 4.69) is 0 Å². The highest BCUT2D eigenvalue weighted by Gasteiger charge is 2.28. The maximum atomic E-state index is 10.5. The van der Waals surface area contributed by atoms with Crippen LogP contribution in [0.4, 0.5) is 0 Å². The van der Waals surface area contributed by atoms with Crippen molar-refractivity contribution in [3.63, 3.8) is 0 Å². The molecule has 0 aromatic heterocycles. The average molecular weight is 250 g/mol. The molecule has 0 rings (SSSR count). The third kappa shape index (κ3) is 6.88. The first kappa shape index (κ1) is 15.8. The van der Waals surface area contributed by atoms with E-state index in [0.717, 1.165) is 0 Å². The van der Waals surface area contributed by atoms with Crippen molar-refractivity contribution >= 4 is 11.9 Å². The van der Waals surface area contributed by atoms with Crippen LogP contribution in [0.2, 0.25) is 0 Å². The fraction of sp³-hybridized carbons (Fsp3) is 0.800. The molecule has 0 unspecified atom stereocenters. The van der Waals surface area contributed by atoms with E-state index in [-0.39, 0.29) is 56.7 Å². The van der Waals surface area contributed by atoms with Crippen LogP contribution in [0.25, 0.3) is 0 Å². The van der Waals surface area contributed by atoms with Crippen molar-refractivity contribution in [1.82, 2.24) is 0 Å². The third-order valence-electron chi connectivity index (χ3n) is 2.75. The lowest BCUT2D eigenvalue weighted by Crippen LogP contribution is -2.53. The minimum atomic E-state index is -0.973. The van der Waals surface area contributed by atoms with Crippen LogP contribution < -0.4 is 0 Å². The molecule has 0 saturated carbocycles. The summed E-state index contributed by atoms with van der Waals surface area (Å²) in [5.74, 6) is -1.95. The quantitative estimate of drug-likeness (QED) is 0.360. The molecule has 0 aromatic carbocycles. The van der Waals surface area contributed by atoms with Crippen molar-refractivity contribution in [1.29, 1.82) is 0 Å². The molecule has 0 spiro atoms. The Morgan fingerprint density at radius 3 is 1.35 bits per heavy atom. The molecule has 0 radical (unpaired) electrons. The van der Waals surface area contributed by atoms with Gasteiger partial charge in [0.15, 0.2) is 0 Å². The van der Waals surface area contributed by atoms with Gasteiger partial charge in [0.05, 0.1) is 39.1 Å². The number of hydrogen-bond acceptors (Lipinski definition) is 4. The van der Waals surface area contributed by atoms with Crippen molar-refractivity contribution in [2.75, 3.05) is 39.4 Å². The Labute approximate surface area is 99.5 Å². The zero-order valence-corrected chi connectivity index (χ0v) is 9.71. The van der Waals surface area contributed by atoms with Gasteiger partial charge in [-0.2, -0.15) is 0 Å². The van der Waals surface area contributed by atoms with Crippen LogP contribution >= 0.6 is 0 Å². The van der Waals surface area contributed by atoms with Gasteiger partial charge < -0.3 is 24.9 Å². The van der Waals surface area contributed by atoms with Gasteiger partial charge in [0.25, 0.3) is 0 Å². The first-order valence-corrected chi connectivity index (χ1v) is 5.46. The van der Waals surface area contributed by atoms with E-state index in [4.69, 9.17) is 20.4 Å². The molecule has 0 atom stereocenters. The predicted octanol–water partition coefficient (Wildman–Crippen LogP) is -1.26. The Kier molecular flexibility index (Phi) is 7.44. The highest BCUT2D eigenvalue weighted by molar-refractivity contribution is 5.67.